The van der Waals surface area contributed by atoms with Crippen molar-refractivity contribution in [1.29, 1.82) is 0 Å². The van der Waals surface area contributed by atoms with Gasteiger partial charge in [0.25, 0.3) is 0 Å². The highest BCUT2D eigenvalue weighted by Gasteiger charge is 2.11. The summed E-state index contributed by atoms with van der Waals surface area (Å²) in [4.78, 5) is 0.247. The number of nitrogens with one attached hydrogen (secondary N) is 1. The van der Waals surface area contributed by atoms with Crippen molar-refractivity contribution in [2.75, 3.05) is 5.32 Å². The van der Waals surface area contributed by atoms with Crippen molar-refractivity contribution in [3.63, 3.8) is 0 Å². The molecule has 0 saturated carbocycles. The lowest BCUT2D eigenvalue weighted by Crippen LogP contribution is -2.12. The summed E-state index contributed by atoms with van der Waals surface area (Å²) in [6.45, 7) is 0. The number of rotatable bonds is 3. The molecule has 19 heavy (non-hydrogen) atoms. The van der Waals surface area contributed by atoms with E-state index in [1.54, 1.807) is 24.3 Å². The van der Waals surface area contributed by atoms with E-state index in [9.17, 15) is 4.39 Å². The Morgan fingerprint density at radius 3 is 2.58 bits per heavy atom. The minimum atomic E-state index is -0.355. The fourth-order valence-electron chi connectivity index (χ4n) is 1.58. The first-order valence-electron chi connectivity index (χ1n) is 5.29. The molecule has 2 rings (SSSR count). The fourth-order valence-corrected chi connectivity index (χ4v) is 2.55. The molecule has 2 aromatic carbocycles. The smallest absolute Gasteiger partial charge is 0.147 e. The quantitative estimate of drug-likeness (QED) is 0.727. The lowest BCUT2D eigenvalue weighted by molar-refractivity contribution is 0.631. The van der Waals surface area contributed by atoms with E-state index in [0.29, 0.717) is 21.4 Å². The van der Waals surface area contributed by atoms with Crippen LogP contribution >= 0.6 is 44.1 Å². The van der Waals surface area contributed by atoms with Gasteiger partial charge in [0, 0.05) is 20.2 Å². The maximum absolute atomic E-state index is 13.8. The second-order valence-corrected chi connectivity index (χ2v) is 5.99. The largest absolute Gasteiger partial charge is 0.389 e. The highest BCUT2D eigenvalue weighted by molar-refractivity contribution is 9.10. The molecule has 0 aromatic heterocycles. The minimum Gasteiger partial charge on any atom is -0.389 e. The third-order valence-corrected chi connectivity index (χ3v) is 3.84. The number of halogens is 3. The number of anilines is 2. The normalized spacial score (nSPS) is 10.3. The lowest BCUT2D eigenvalue weighted by Gasteiger charge is -2.13. The highest BCUT2D eigenvalue weighted by Crippen LogP contribution is 2.31. The zero-order valence-electron chi connectivity index (χ0n) is 9.58. The molecule has 0 fully saturated rings. The average molecular weight is 404 g/mol. The maximum atomic E-state index is 13.8. The first kappa shape index (κ1) is 14.4. The van der Waals surface area contributed by atoms with E-state index in [2.05, 4.69) is 37.2 Å². The summed E-state index contributed by atoms with van der Waals surface area (Å²) >= 11 is 11.7. The zero-order valence-corrected chi connectivity index (χ0v) is 13.6. The third kappa shape index (κ3) is 3.32. The van der Waals surface area contributed by atoms with E-state index in [4.69, 9.17) is 18.0 Å². The van der Waals surface area contributed by atoms with Gasteiger partial charge < -0.3 is 11.1 Å². The zero-order chi connectivity index (χ0) is 14.0. The van der Waals surface area contributed by atoms with E-state index in [0.717, 1.165) is 4.47 Å². The molecule has 0 aliphatic rings. The highest BCUT2D eigenvalue weighted by atomic mass is 79.9. The van der Waals surface area contributed by atoms with Crippen LogP contribution in [0, 0.1) is 5.82 Å². The molecule has 0 amide bonds. The van der Waals surface area contributed by atoms with Crippen LogP contribution in [0.4, 0.5) is 15.8 Å². The number of para-hydroxylation sites is 1. The van der Waals surface area contributed by atoms with Crippen LogP contribution in [-0.2, 0) is 0 Å². The van der Waals surface area contributed by atoms with Gasteiger partial charge in [-0.15, -0.1) is 0 Å². The molecule has 3 N–H and O–H groups in total. The molecule has 2 nitrogen and oxygen atoms in total. The van der Waals surface area contributed by atoms with Crippen LogP contribution in [0.5, 0.6) is 0 Å². The van der Waals surface area contributed by atoms with E-state index < -0.39 is 0 Å². The van der Waals surface area contributed by atoms with Crippen LogP contribution in [0.2, 0.25) is 0 Å². The molecular weight excluding hydrogens is 395 g/mol. The number of hydrogen-bond donors (Lipinski definition) is 2. The molecule has 98 valence electrons. The molecule has 0 aliphatic carbocycles. The third-order valence-electron chi connectivity index (χ3n) is 2.47. The Labute approximate surface area is 132 Å². The van der Waals surface area contributed by atoms with Crippen molar-refractivity contribution >= 4 is 60.4 Å². The van der Waals surface area contributed by atoms with Crippen molar-refractivity contribution in [2.45, 2.75) is 0 Å². The maximum Gasteiger partial charge on any atom is 0.147 e. The second kappa shape index (κ2) is 5.98. The van der Waals surface area contributed by atoms with Crippen molar-refractivity contribution in [1.82, 2.24) is 0 Å². The molecule has 2 aromatic rings. The van der Waals surface area contributed by atoms with Gasteiger partial charge in [0.1, 0.15) is 10.8 Å². The number of hydrogen-bond acceptors (Lipinski definition) is 2. The fraction of sp³-hybridized carbons (Fsp3) is 0. The van der Waals surface area contributed by atoms with Gasteiger partial charge in [0.2, 0.25) is 0 Å². The van der Waals surface area contributed by atoms with Gasteiger partial charge in [-0.25, -0.2) is 4.39 Å². The lowest BCUT2D eigenvalue weighted by atomic mass is 10.1. The minimum absolute atomic E-state index is 0.247. The summed E-state index contributed by atoms with van der Waals surface area (Å²) in [5.74, 6) is -0.355. The van der Waals surface area contributed by atoms with E-state index in [1.807, 2.05) is 6.07 Å². The predicted molar refractivity (Wildman–Crippen MR) is 87.4 cm³/mol. The topological polar surface area (TPSA) is 38.0 Å². The van der Waals surface area contributed by atoms with Gasteiger partial charge in [0.05, 0.1) is 5.69 Å². The van der Waals surface area contributed by atoms with Crippen molar-refractivity contribution in [2.24, 2.45) is 5.73 Å². The summed E-state index contributed by atoms with van der Waals surface area (Å²) < 4.78 is 15.3. The Kier molecular flexibility index (Phi) is 4.54. The van der Waals surface area contributed by atoms with Gasteiger partial charge in [-0.05, 0) is 46.3 Å². The Balaban J connectivity index is 2.47. The molecule has 0 atom stereocenters. The average Bonchev–Trinajstić information content (AvgIpc) is 2.35. The number of thiocarbonyl (C=S) groups is 1. The molecular formula is C13H9Br2FN2S. The van der Waals surface area contributed by atoms with Gasteiger partial charge in [0.15, 0.2) is 0 Å². The first-order chi connectivity index (χ1) is 8.99. The summed E-state index contributed by atoms with van der Waals surface area (Å²) in [6.07, 6.45) is 0. The Hall–Kier alpha value is -0.980. The van der Waals surface area contributed by atoms with Gasteiger partial charge in [-0.1, -0.05) is 34.2 Å². The molecule has 0 bridgehead atoms. The van der Waals surface area contributed by atoms with E-state index >= 15 is 0 Å². The van der Waals surface area contributed by atoms with Crippen LogP contribution in [0.1, 0.15) is 5.56 Å². The van der Waals surface area contributed by atoms with Crippen LogP contribution in [-0.4, -0.2) is 4.99 Å². The monoisotopic (exact) mass is 402 g/mol. The molecule has 6 heteroatoms. The summed E-state index contributed by atoms with van der Waals surface area (Å²) in [7, 11) is 0. The molecule has 0 saturated heterocycles. The standard InChI is InChI=1S/C13H9Br2FN2S/c14-7-4-5-11(8(6-7)13(17)19)18-12-9(15)2-1-3-10(12)16/h1-6,18H,(H2,17,19). The van der Waals surface area contributed by atoms with Crippen LogP contribution in [0.3, 0.4) is 0 Å². The van der Waals surface area contributed by atoms with Crippen LogP contribution in [0.15, 0.2) is 45.3 Å². The van der Waals surface area contributed by atoms with Crippen molar-refractivity contribution in [3.05, 3.63) is 56.7 Å². The number of nitrogens with two attached hydrogens (primary N) is 1. The van der Waals surface area contributed by atoms with Gasteiger partial charge >= 0.3 is 0 Å². The van der Waals surface area contributed by atoms with Crippen molar-refractivity contribution < 1.29 is 4.39 Å². The Morgan fingerprint density at radius 1 is 1.21 bits per heavy atom. The summed E-state index contributed by atoms with van der Waals surface area (Å²) in [6, 6.07) is 10.2. The number of benzene rings is 2. The van der Waals surface area contributed by atoms with E-state index in [-0.39, 0.29) is 10.8 Å². The summed E-state index contributed by atoms with van der Waals surface area (Å²) in [5, 5.41) is 3.01. The van der Waals surface area contributed by atoms with Gasteiger partial charge in [-0.3, -0.25) is 0 Å². The Bertz CT molecular complexity index is 626. The summed E-state index contributed by atoms with van der Waals surface area (Å²) in [5.41, 5.74) is 7.33. The molecule has 0 aliphatic heterocycles. The first-order valence-corrected chi connectivity index (χ1v) is 7.29. The molecule has 0 radical (unpaired) electrons. The second-order valence-electron chi connectivity index (χ2n) is 3.78. The molecule has 0 unspecified atom stereocenters. The van der Waals surface area contributed by atoms with E-state index in [1.165, 1.54) is 6.07 Å². The van der Waals surface area contributed by atoms with Crippen LogP contribution in [0.25, 0.3) is 0 Å². The molecule has 0 spiro atoms. The predicted octanol–water partition coefficient (Wildman–Crippen LogP) is 4.73. The SMILES string of the molecule is NC(=S)c1cc(Br)ccc1Nc1c(F)cccc1Br. The van der Waals surface area contributed by atoms with Crippen LogP contribution < -0.4 is 11.1 Å². The molecule has 0 heterocycles. The van der Waals surface area contributed by atoms with Crippen molar-refractivity contribution in [3.8, 4) is 0 Å². The van der Waals surface area contributed by atoms with Gasteiger partial charge in [-0.2, -0.15) is 0 Å². The Morgan fingerprint density at radius 2 is 1.95 bits per heavy atom.